The Balaban J connectivity index is 0.00000374. The molecule has 2 aliphatic carbocycles. The summed E-state index contributed by atoms with van der Waals surface area (Å²) in [4.78, 5) is 0. The maximum absolute atomic E-state index is 2.50. The van der Waals surface area contributed by atoms with Crippen LogP contribution in [0.15, 0.2) is 176 Å². The van der Waals surface area contributed by atoms with Gasteiger partial charge in [-0.3, -0.25) is 0 Å². The Morgan fingerprint density at radius 1 is 0.298 bits per heavy atom. The molecule has 0 aliphatic heterocycles. The Bertz CT molecular complexity index is 3300. The molecule has 0 heterocycles. The first-order valence-electron chi connectivity index (χ1n) is 19.9. The van der Waals surface area contributed by atoms with Gasteiger partial charge >= 0.3 is 0 Å². The van der Waals surface area contributed by atoms with Gasteiger partial charge in [0.15, 0.2) is 0 Å². The van der Waals surface area contributed by atoms with E-state index in [1.165, 1.54) is 127 Å². The lowest BCUT2D eigenvalue weighted by molar-refractivity contribution is 0.590. The normalized spacial score (nSPS) is 12.3. The highest BCUT2D eigenvalue weighted by atomic mass is 14.3. The molecule has 2 aliphatic rings. The van der Waals surface area contributed by atoms with E-state index in [1.54, 1.807) is 0 Å². The van der Waals surface area contributed by atoms with Crippen LogP contribution in [0.25, 0.3) is 121 Å². The molecular formula is C57H42. The van der Waals surface area contributed by atoms with E-state index in [0.717, 1.165) is 0 Å². The van der Waals surface area contributed by atoms with Crippen molar-refractivity contribution in [3.05, 3.63) is 181 Å². The van der Waals surface area contributed by atoms with Crippen molar-refractivity contribution < 1.29 is 0 Å². The Kier molecular flexibility index (Phi) is 7.14. The van der Waals surface area contributed by atoms with E-state index in [4.69, 9.17) is 0 Å². The number of hydrogen-bond acceptors (Lipinski definition) is 0. The summed E-state index contributed by atoms with van der Waals surface area (Å²) in [6.45, 7) is 6.91. The zero-order valence-electron chi connectivity index (χ0n) is 31.7. The van der Waals surface area contributed by atoms with Crippen molar-refractivity contribution in [1.29, 1.82) is 0 Å². The summed E-state index contributed by atoms with van der Waals surface area (Å²) in [5.41, 5.74) is 19.7. The SMILES string of the molecule is C.CC(C)(C)c1ccc2c(c1)-c1cccc3c(-c4ccc5c(-c6ccccc6)c6c(c(-c7ccccc7)c5c4)-c4cc5ccccc5c5cccc-6c45)ccc-2c13. The monoisotopic (exact) mass is 726 g/mol. The molecule has 0 N–H and O–H groups in total. The van der Waals surface area contributed by atoms with Crippen LogP contribution in [0, 0.1) is 0 Å². The quantitative estimate of drug-likeness (QED) is 0.159. The Labute approximate surface area is 334 Å². The minimum atomic E-state index is 0. The lowest BCUT2D eigenvalue weighted by atomic mass is 9.81. The van der Waals surface area contributed by atoms with Gasteiger partial charge in [-0.1, -0.05) is 186 Å². The molecule has 0 heteroatoms. The van der Waals surface area contributed by atoms with E-state index < -0.39 is 0 Å². The van der Waals surface area contributed by atoms with Gasteiger partial charge < -0.3 is 0 Å². The Morgan fingerprint density at radius 3 is 1.63 bits per heavy atom. The molecule has 0 fully saturated rings. The third kappa shape index (κ3) is 4.68. The third-order valence-electron chi connectivity index (χ3n) is 12.7. The van der Waals surface area contributed by atoms with E-state index in [9.17, 15) is 0 Å². The van der Waals surface area contributed by atoms with Gasteiger partial charge in [0.2, 0.25) is 0 Å². The van der Waals surface area contributed by atoms with E-state index >= 15 is 0 Å². The number of rotatable bonds is 3. The summed E-state index contributed by atoms with van der Waals surface area (Å²) in [5.74, 6) is 0. The van der Waals surface area contributed by atoms with Crippen molar-refractivity contribution >= 4 is 43.1 Å². The fraction of sp³-hybridized carbons (Fsp3) is 0.0877. The van der Waals surface area contributed by atoms with Crippen LogP contribution < -0.4 is 0 Å². The second kappa shape index (κ2) is 12.1. The van der Waals surface area contributed by atoms with Gasteiger partial charge in [0.25, 0.3) is 0 Å². The zero-order chi connectivity index (χ0) is 37.3. The predicted molar refractivity (Wildman–Crippen MR) is 247 cm³/mol. The predicted octanol–water partition coefficient (Wildman–Crippen LogP) is 16.5. The number of benzene rings is 10. The lowest BCUT2D eigenvalue weighted by Gasteiger charge is -2.21. The molecule has 57 heavy (non-hydrogen) atoms. The average molecular weight is 727 g/mol. The van der Waals surface area contributed by atoms with Gasteiger partial charge in [-0.2, -0.15) is 0 Å². The fourth-order valence-corrected chi connectivity index (χ4v) is 10.1. The smallest absolute Gasteiger partial charge is 0.000719 e. The lowest BCUT2D eigenvalue weighted by Crippen LogP contribution is -2.10. The highest BCUT2D eigenvalue weighted by Crippen LogP contribution is 2.59. The maximum atomic E-state index is 2.50. The van der Waals surface area contributed by atoms with Gasteiger partial charge in [0.1, 0.15) is 0 Å². The molecule has 0 aromatic heterocycles. The van der Waals surface area contributed by atoms with Crippen LogP contribution in [0.1, 0.15) is 33.8 Å². The summed E-state index contributed by atoms with van der Waals surface area (Å²) < 4.78 is 0. The van der Waals surface area contributed by atoms with Crippen LogP contribution >= 0.6 is 0 Å². The topological polar surface area (TPSA) is 0 Å². The van der Waals surface area contributed by atoms with Gasteiger partial charge in [-0.05, 0) is 150 Å². The molecule has 0 atom stereocenters. The minimum Gasteiger partial charge on any atom is -0.0776 e. The summed E-state index contributed by atoms with van der Waals surface area (Å²) in [6, 6.07) is 66.4. The fourth-order valence-electron chi connectivity index (χ4n) is 10.1. The molecule has 10 aromatic rings. The van der Waals surface area contributed by atoms with Crippen LogP contribution in [-0.2, 0) is 5.41 Å². The molecular weight excluding hydrogens is 685 g/mol. The van der Waals surface area contributed by atoms with Crippen LogP contribution in [0.2, 0.25) is 0 Å². The molecule has 0 bridgehead atoms. The average Bonchev–Trinajstić information content (AvgIpc) is 3.74. The largest absolute Gasteiger partial charge is 0.0776 e. The molecule has 12 rings (SSSR count). The van der Waals surface area contributed by atoms with Crippen molar-refractivity contribution in [2.45, 2.75) is 33.6 Å². The summed E-state index contributed by atoms with van der Waals surface area (Å²) in [5, 5.41) is 10.5. The molecule has 0 amide bonds. The Morgan fingerprint density at radius 2 is 0.877 bits per heavy atom. The molecule has 0 saturated carbocycles. The van der Waals surface area contributed by atoms with Crippen LogP contribution in [0.3, 0.4) is 0 Å². The Hall–Kier alpha value is -6.76. The first-order chi connectivity index (χ1) is 27.4. The van der Waals surface area contributed by atoms with Crippen molar-refractivity contribution in [3.8, 4) is 77.9 Å². The van der Waals surface area contributed by atoms with Gasteiger partial charge in [-0.25, -0.2) is 0 Å². The van der Waals surface area contributed by atoms with Crippen molar-refractivity contribution in [3.63, 3.8) is 0 Å². The molecule has 0 nitrogen and oxygen atoms in total. The third-order valence-corrected chi connectivity index (χ3v) is 12.7. The molecule has 0 radical (unpaired) electrons. The van der Waals surface area contributed by atoms with Crippen LogP contribution in [0.4, 0.5) is 0 Å². The molecule has 0 saturated heterocycles. The van der Waals surface area contributed by atoms with Crippen LogP contribution in [0.5, 0.6) is 0 Å². The van der Waals surface area contributed by atoms with Crippen LogP contribution in [-0.4, -0.2) is 0 Å². The van der Waals surface area contributed by atoms with Gasteiger partial charge in [-0.15, -0.1) is 0 Å². The van der Waals surface area contributed by atoms with E-state index in [2.05, 4.69) is 197 Å². The highest BCUT2D eigenvalue weighted by Gasteiger charge is 2.32. The van der Waals surface area contributed by atoms with Gasteiger partial charge in [0.05, 0.1) is 0 Å². The van der Waals surface area contributed by atoms with E-state index in [-0.39, 0.29) is 12.8 Å². The second-order valence-electron chi connectivity index (χ2n) is 16.8. The molecule has 270 valence electrons. The number of fused-ring (bicyclic) bond motifs is 9. The summed E-state index contributed by atoms with van der Waals surface area (Å²) >= 11 is 0. The first kappa shape index (κ1) is 33.6. The summed E-state index contributed by atoms with van der Waals surface area (Å²) in [7, 11) is 0. The molecule has 10 aromatic carbocycles. The standard InChI is InChI=1S/C56H38.CH4/c1-56(2,3)37-25-27-40-44-29-28-39(42-20-12-22-43(52(42)44)47(40)32-37)36-24-26-45-48(30-36)51(34-16-8-5-9-17-34)55-49-31-35-18-10-11-19-38(35)41-21-13-23-46(53(41)49)54(55)50(45)33-14-6-4-7-15-33;/h4-32H,1-3H3;1H4. The van der Waals surface area contributed by atoms with Crippen molar-refractivity contribution in [1.82, 2.24) is 0 Å². The van der Waals surface area contributed by atoms with E-state index in [1.807, 2.05) is 0 Å². The first-order valence-corrected chi connectivity index (χ1v) is 19.9. The molecule has 0 unspecified atom stereocenters. The molecule has 0 spiro atoms. The highest BCUT2D eigenvalue weighted by molar-refractivity contribution is 6.31. The summed E-state index contributed by atoms with van der Waals surface area (Å²) in [6.07, 6.45) is 0. The zero-order valence-corrected chi connectivity index (χ0v) is 31.7. The van der Waals surface area contributed by atoms with Crippen molar-refractivity contribution in [2.24, 2.45) is 0 Å². The number of hydrogen-bond donors (Lipinski definition) is 0. The maximum Gasteiger partial charge on any atom is -0.000719 e. The van der Waals surface area contributed by atoms with Crippen molar-refractivity contribution in [2.75, 3.05) is 0 Å². The second-order valence-corrected chi connectivity index (χ2v) is 16.8. The minimum absolute atomic E-state index is 0. The van der Waals surface area contributed by atoms with Gasteiger partial charge in [0, 0.05) is 0 Å². The van der Waals surface area contributed by atoms with E-state index in [0.29, 0.717) is 0 Å².